The van der Waals surface area contributed by atoms with E-state index in [9.17, 15) is 10.2 Å². The Bertz CT molecular complexity index is 458. The lowest BCUT2D eigenvalue weighted by Crippen LogP contribution is -2.53. The standard InChI is InChI=1S/C19H30O2/c1-18-9-7-13(20)11-12(18)3-4-14-15-5-6-17(21)19(15,2)10-8-16(14)18/h7,9,12-17,20-21H,3-6,8,10-11H2,1-2H3/t12-,13-,14?,15?,16?,17+,18-,19-/m0/s1. The number of aliphatic hydroxyl groups excluding tert-OH is 2. The number of fused-ring (bicyclic) bond motifs is 5. The molecule has 4 rings (SSSR count). The van der Waals surface area contributed by atoms with E-state index in [-0.39, 0.29) is 23.0 Å². The fourth-order valence-corrected chi connectivity index (χ4v) is 6.76. The smallest absolute Gasteiger partial charge is 0.0724 e. The molecular formula is C19H30O2. The Hall–Kier alpha value is -0.340. The minimum Gasteiger partial charge on any atom is -0.393 e. The third-order valence-electron chi connectivity index (χ3n) is 8.12. The number of allylic oxidation sites excluding steroid dienone is 1. The van der Waals surface area contributed by atoms with Gasteiger partial charge in [-0.2, -0.15) is 0 Å². The van der Waals surface area contributed by atoms with Crippen LogP contribution in [0.3, 0.4) is 0 Å². The van der Waals surface area contributed by atoms with Gasteiger partial charge in [-0.25, -0.2) is 0 Å². The Labute approximate surface area is 128 Å². The fourth-order valence-electron chi connectivity index (χ4n) is 6.76. The fraction of sp³-hybridized carbons (Fsp3) is 0.895. The predicted octanol–water partition coefficient (Wildman–Crippen LogP) is 3.53. The zero-order valence-corrected chi connectivity index (χ0v) is 13.5. The lowest BCUT2D eigenvalue weighted by Gasteiger charge is -2.59. The van der Waals surface area contributed by atoms with Gasteiger partial charge in [0.05, 0.1) is 12.2 Å². The van der Waals surface area contributed by atoms with Crippen molar-refractivity contribution in [2.75, 3.05) is 0 Å². The SMILES string of the molecule is C[C@]12CCC3C(CC[C@H]4C[C@@H](O)C=C[C@]34C)C1CC[C@H]2O. The van der Waals surface area contributed by atoms with Crippen LogP contribution in [0.2, 0.25) is 0 Å². The summed E-state index contributed by atoms with van der Waals surface area (Å²) in [5, 5.41) is 20.4. The van der Waals surface area contributed by atoms with E-state index in [4.69, 9.17) is 0 Å². The van der Waals surface area contributed by atoms with Gasteiger partial charge in [-0.3, -0.25) is 0 Å². The van der Waals surface area contributed by atoms with E-state index in [0.717, 1.165) is 30.6 Å². The maximum absolute atomic E-state index is 10.5. The van der Waals surface area contributed by atoms with Crippen molar-refractivity contribution >= 4 is 0 Å². The monoisotopic (exact) mass is 290 g/mol. The summed E-state index contributed by atoms with van der Waals surface area (Å²) in [5.41, 5.74) is 0.472. The van der Waals surface area contributed by atoms with Gasteiger partial charge >= 0.3 is 0 Å². The van der Waals surface area contributed by atoms with Gasteiger partial charge in [0.25, 0.3) is 0 Å². The van der Waals surface area contributed by atoms with Crippen molar-refractivity contribution in [3.8, 4) is 0 Å². The average molecular weight is 290 g/mol. The van der Waals surface area contributed by atoms with Crippen LogP contribution in [0.15, 0.2) is 12.2 Å². The molecule has 2 nitrogen and oxygen atoms in total. The van der Waals surface area contributed by atoms with Gasteiger partial charge in [0.15, 0.2) is 0 Å². The summed E-state index contributed by atoms with van der Waals surface area (Å²) >= 11 is 0. The van der Waals surface area contributed by atoms with Crippen LogP contribution >= 0.6 is 0 Å². The molecule has 0 radical (unpaired) electrons. The minimum absolute atomic E-state index is 0.0716. The summed E-state index contributed by atoms with van der Waals surface area (Å²) in [6, 6.07) is 0. The normalized spacial score (nSPS) is 59.2. The molecule has 0 aromatic carbocycles. The number of hydrogen-bond donors (Lipinski definition) is 2. The van der Waals surface area contributed by atoms with E-state index in [0.29, 0.717) is 5.92 Å². The maximum Gasteiger partial charge on any atom is 0.0724 e. The van der Waals surface area contributed by atoms with Crippen molar-refractivity contribution in [1.29, 1.82) is 0 Å². The minimum atomic E-state index is -0.221. The van der Waals surface area contributed by atoms with Crippen molar-refractivity contribution in [3.05, 3.63) is 12.2 Å². The van der Waals surface area contributed by atoms with Crippen molar-refractivity contribution in [2.24, 2.45) is 34.5 Å². The van der Waals surface area contributed by atoms with Gasteiger partial charge in [-0.1, -0.05) is 26.0 Å². The topological polar surface area (TPSA) is 40.5 Å². The van der Waals surface area contributed by atoms with Gasteiger partial charge in [0.2, 0.25) is 0 Å². The van der Waals surface area contributed by atoms with Crippen molar-refractivity contribution < 1.29 is 10.2 Å². The first-order valence-electron chi connectivity index (χ1n) is 9.00. The predicted molar refractivity (Wildman–Crippen MR) is 83.6 cm³/mol. The van der Waals surface area contributed by atoms with Crippen LogP contribution in [0.4, 0.5) is 0 Å². The van der Waals surface area contributed by atoms with E-state index in [1.807, 2.05) is 0 Å². The summed E-state index contributed by atoms with van der Waals surface area (Å²) in [7, 11) is 0. The molecule has 2 N–H and O–H groups in total. The van der Waals surface area contributed by atoms with E-state index >= 15 is 0 Å². The van der Waals surface area contributed by atoms with Gasteiger partial charge in [0, 0.05) is 0 Å². The first-order chi connectivity index (χ1) is 9.95. The highest BCUT2D eigenvalue weighted by molar-refractivity contribution is 5.17. The van der Waals surface area contributed by atoms with E-state index in [2.05, 4.69) is 26.0 Å². The van der Waals surface area contributed by atoms with Crippen LogP contribution < -0.4 is 0 Å². The Balaban J connectivity index is 1.67. The average Bonchev–Trinajstić information content (AvgIpc) is 2.76. The van der Waals surface area contributed by atoms with Crippen LogP contribution in [0.25, 0.3) is 0 Å². The lowest BCUT2D eigenvalue weighted by atomic mass is 9.46. The first kappa shape index (κ1) is 14.3. The molecule has 0 aromatic heterocycles. The highest BCUT2D eigenvalue weighted by atomic mass is 16.3. The van der Waals surface area contributed by atoms with Gasteiger partial charge in [0.1, 0.15) is 0 Å². The highest BCUT2D eigenvalue weighted by Gasteiger charge is 2.59. The molecule has 0 saturated heterocycles. The number of rotatable bonds is 0. The molecule has 3 saturated carbocycles. The van der Waals surface area contributed by atoms with Gasteiger partial charge in [-0.15, -0.1) is 0 Å². The summed E-state index contributed by atoms with van der Waals surface area (Å²) in [6.45, 7) is 4.80. The number of aliphatic hydroxyl groups is 2. The quantitative estimate of drug-likeness (QED) is 0.670. The second-order valence-electron chi connectivity index (χ2n) is 8.82. The van der Waals surface area contributed by atoms with Crippen LogP contribution in [0.1, 0.15) is 58.8 Å². The summed E-state index contributed by atoms with van der Waals surface area (Å²) < 4.78 is 0. The second-order valence-corrected chi connectivity index (χ2v) is 8.82. The molecule has 4 aliphatic carbocycles. The molecule has 0 heterocycles. The third kappa shape index (κ3) is 1.84. The molecule has 0 bridgehead atoms. The molecule has 3 fully saturated rings. The Morgan fingerprint density at radius 1 is 0.952 bits per heavy atom. The number of hydrogen-bond acceptors (Lipinski definition) is 2. The molecule has 2 heteroatoms. The van der Waals surface area contributed by atoms with E-state index in [1.165, 1.54) is 32.1 Å². The van der Waals surface area contributed by atoms with Crippen molar-refractivity contribution in [3.63, 3.8) is 0 Å². The molecule has 0 aliphatic heterocycles. The Morgan fingerprint density at radius 3 is 2.57 bits per heavy atom. The largest absolute Gasteiger partial charge is 0.393 e. The van der Waals surface area contributed by atoms with Crippen LogP contribution in [0, 0.1) is 34.5 Å². The van der Waals surface area contributed by atoms with Gasteiger partial charge in [-0.05, 0) is 79.4 Å². The van der Waals surface area contributed by atoms with Crippen LogP contribution in [-0.4, -0.2) is 22.4 Å². The Morgan fingerprint density at radius 2 is 1.76 bits per heavy atom. The summed E-state index contributed by atoms with van der Waals surface area (Å²) in [5.74, 6) is 2.95. The first-order valence-corrected chi connectivity index (χ1v) is 9.00. The van der Waals surface area contributed by atoms with Crippen molar-refractivity contribution in [2.45, 2.75) is 71.0 Å². The van der Waals surface area contributed by atoms with E-state index in [1.54, 1.807) is 0 Å². The molecule has 8 atom stereocenters. The molecule has 3 unspecified atom stereocenters. The van der Waals surface area contributed by atoms with Crippen LogP contribution in [0.5, 0.6) is 0 Å². The molecule has 21 heavy (non-hydrogen) atoms. The van der Waals surface area contributed by atoms with Crippen molar-refractivity contribution in [1.82, 2.24) is 0 Å². The van der Waals surface area contributed by atoms with E-state index < -0.39 is 0 Å². The Kier molecular flexibility index (Phi) is 3.11. The summed E-state index contributed by atoms with van der Waals surface area (Å²) in [6.07, 6.45) is 12.4. The third-order valence-corrected chi connectivity index (χ3v) is 8.12. The molecule has 4 aliphatic rings. The van der Waals surface area contributed by atoms with Gasteiger partial charge < -0.3 is 10.2 Å². The molecule has 0 amide bonds. The molecular weight excluding hydrogens is 260 g/mol. The molecule has 118 valence electrons. The second kappa shape index (κ2) is 4.58. The molecule has 0 spiro atoms. The van der Waals surface area contributed by atoms with Crippen LogP contribution in [-0.2, 0) is 0 Å². The highest BCUT2D eigenvalue weighted by Crippen LogP contribution is 2.65. The maximum atomic E-state index is 10.5. The zero-order valence-electron chi connectivity index (χ0n) is 13.5. The molecule has 0 aromatic rings. The summed E-state index contributed by atoms with van der Waals surface area (Å²) in [4.78, 5) is 0. The zero-order chi connectivity index (χ0) is 14.8. The lowest BCUT2D eigenvalue weighted by molar-refractivity contribution is -0.0994.